The zero-order valence-electron chi connectivity index (χ0n) is 13.1. The van der Waals surface area contributed by atoms with E-state index < -0.39 is 31.6 Å². The lowest BCUT2D eigenvalue weighted by atomic mass is 10.4. The van der Waals surface area contributed by atoms with Crippen molar-refractivity contribution in [3.8, 4) is 0 Å². The Balaban J connectivity index is 6.23. The Morgan fingerprint density at radius 3 is 2.38 bits per heavy atom. The van der Waals surface area contributed by atoms with Crippen LogP contribution in [0.15, 0.2) is 0 Å². The van der Waals surface area contributed by atoms with Gasteiger partial charge in [-0.1, -0.05) is 0 Å². The summed E-state index contributed by atoms with van der Waals surface area (Å²) in [6, 6.07) is 0. The molecule has 0 aromatic heterocycles. The van der Waals surface area contributed by atoms with E-state index in [1.165, 1.54) is 0 Å². The normalized spacial score (nSPS) is 36.9. The van der Waals surface area contributed by atoms with Crippen LogP contribution in [0.3, 0.4) is 0 Å². The molecule has 3 nitrogen and oxygen atoms in total. The van der Waals surface area contributed by atoms with Crippen molar-refractivity contribution >= 4 is 6.29 Å². The second-order valence-electron chi connectivity index (χ2n) is 1.35. The summed E-state index contributed by atoms with van der Waals surface area (Å²) in [5, 5.41) is 0. The lowest BCUT2D eigenvalue weighted by Gasteiger charge is -2.26. The highest BCUT2D eigenvalue weighted by molar-refractivity contribution is 5.54. The predicted molar refractivity (Wildman–Crippen MR) is 32.1 cm³/mol. The standard InChI is InChI=1S/C5H13N2O/c1-7(2,3)5(6)4-8/h4-5H,6H2,1-3H3/q+1/i1D3,2D3,3D3. The highest BCUT2D eigenvalue weighted by Crippen LogP contribution is 1.90. The van der Waals surface area contributed by atoms with Crippen LogP contribution < -0.4 is 5.73 Å². The van der Waals surface area contributed by atoms with Crippen LogP contribution in [-0.2, 0) is 4.79 Å². The Morgan fingerprint density at radius 1 is 1.75 bits per heavy atom. The smallest absolute Gasteiger partial charge is 0.196 e. The van der Waals surface area contributed by atoms with E-state index in [-0.39, 0.29) is 6.29 Å². The molecule has 0 spiro atoms. The molecular weight excluding hydrogens is 104 g/mol. The van der Waals surface area contributed by atoms with Gasteiger partial charge in [0.1, 0.15) is 0 Å². The van der Waals surface area contributed by atoms with Crippen molar-refractivity contribution in [1.82, 2.24) is 0 Å². The molecule has 1 atom stereocenters. The molecule has 0 saturated carbocycles. The second-order valence-corrected chi connectivity index (χ2v) is 1.35. The van der Waals surface area contributed by atoms with Gasteiger partial charge in [-0.2, -0.15) is 0 Å². The Kier molecular flexibility index (Phi) is 0.380. The third kappa shape index (κ3) is 2.04. The third-order valence-corrected chi connectivity index (χ3v) is 0.587. The van der Waals surface area contributed by atoms with Crippen molar-refractivity contribution in [2.75, 3.05) is 20.9 Å². The summed E-state index contributed by atoms with van der Waals surface area (Å²) >= 11 is 0. The number of nitrogens with two attached hydrogens (primary N) is 1. The van der Waals surface area contributed by atoms with E-state index in [1.807, 2.05) is 0 Å². The summed E-state index contributed by atoms with van der Waals surface area (Å²) in [5.74, 6) is 0. The monoisotopic (exact) mass is 126 g/mol. The van der Waals surface area contributed by atoms with Gasteiger partial charge in [0.2, 0.25) is 0 Å². The number of carbonyl (C=O) groups is 1. The van der Waals surface area contributed by atoms with Crippen molar-refractivity contribution < 1.29 is 21.6 Å². The molecule has 48 valence electrons. The van der Waals surface area contributed by atoms with E-state index >= 15 is 0 Å². The summed E-state index contributed by atoms with van der Waals surface area (Å²) < 4.78 is 61.7. The molecule has 0 aliphatic rings. The van der Waals surface area contributed by atoms with Gasteiger partial charge in [0.15, 0.2) is 12.5 Å². The molecule has 2 N–H and O–H groups in total. The van der Waals surface area contributed by atoms with E-state index in [0.29, 0.717) is 0 Å². The second kappa shape index (κ2) is 2.24. The van der Waals surface area contributed by atoms with Crippen LogP contribution in [0.2, 0.25) is 0 Å². The largest absolute Gasteiger partial charge is 0.310 e. The number of nitrogens with zero attached hydrogens (tertiary/aromatic N) is 1. The Bertz CT molecular complexity index is 253. The van der Waals surface area contributed by atoms with Gasteiger partial charge in [-0.3, -0.25) is 10.5 Å². The Morgan fingerprint density at radius 2 is 2.25 bits per heavy atom. The van der Waals surface area contributed by atoms with Crippen molar-refractivity contribution in [3.05, 3.63) is 0 Å². The minimum Gasteiger partial charge on any atom is -0.310 e. The van der Waals surface area contributed by atoms with Gasteiger partial charge in [0, 0.05) is 0 Å². The van der Waals surface area contributed by atoms with E-state index in [2.05, 4.69) is 0 Å². The summed E-state index contributed by atoms with van der Waals surface area (Å²) in [4.78, 5) is 10.6. The number of aldehydes is 1. The van der Waals surface area contributed by atoms with Crippen LogP contribution >= 0.6 is 0 Å². The predicted octanol–water partition coefficient (Wildman–Crippen LogP) is -0.824. The van der Waals surface area contributed by atoms with Crippen LogP contribution in [0, 0.1) is 0 Å². The number of carbonyl (C=O) groups excluding carboxylic acids is 1. The molecule has 0 aromatic carbocycles. The zero-order valence-corrected chi connectivity index (χ0v) is 4.09. The molecule has 0 bridgehead atoms. The highest BCUT2D eigenvalue weighted by atomic mass is 16.1. The summed E-state index contributed by atoms with van der Waals surface area (Å²) in [5.41, 5.74) is 5.13. The third-order valence-electron chi connectivity index (χ3n) is 0.587. The maximum Gasteiger partial charge on any atom is 0.196 e. The van der Waals surface area contributed by atoms with Crippen molar-refractivity contribution in [1.29, 1.82) is 0 Å². The lowest BCUT2D eigenvalue weighted by molar-refractivity contribution is -0.885. The lowest BCUT2D eigenvalue weighted by Crippen LogP contribution is -2.51. The van der Waals surface area contributed by atoms with Crippen molar-refractivity contribution in [3.63, 3.8) is 0 Å². The fourth-order valence-electron chi connectivity index (χ4n) is 0.0913. The molecule has 0 heterocycles. The van der Waals surface area contributed by atoms with Crippen molar-refractivity contribution in [2.45, 2.75) is 6.17 Å². The number of hydrogen-bond acceptors (Lipinski definition) is 2. The highest BCUT2D eigenvalue weighted by Gasteiger charge is 2.16. The van der Waals surface area contributed by atoms with Gasteiger partial charge < -0.3 is 4.48 Å². The van der Waals surface area contributed by atoms with Crippen LogP contribution in [0.25, 0.3) is 0 Å². The first-order valence-electron chi connectivity index (χ1n) is 6.33. The number of likely N-dealkylation sites (N-methyl/N-ethyl adjacent to an activating group) is 1. The van der Waals surface area contributed by atoms with Crippen LogP contribution in [-0.4, -0.2) is 37.9 Å². The van der Waals surface area contributed by atoms with E-state index in [4.69, 9.17) is 18.1 Å². The molecule has 8 heavy (non-hydrogen) atoms. The molecule has 1 unspecified atom stereocenters. The number of quaternary nitrogens is 1. The maximum atomic E-state index is 10.6. The molecule has 0 fully saturated rings. The van der Waals surface area contributed by atoms with Gasteiger partial charge in [-0.05, 0) is 0 Å². The molecule has 0 radical (unpaired) electrons. The Labute approximate surface area is 62.3 Å². The van der Waals surface area contributed by atoms with E-state index in [9.17, 15) is 4.79 Å². The zero-order chi connectivity index (χ0) is 14.3. The molecule has 0 aliphatic carbocycles. The molecule has 0 saturated heterocycles. The first kappa shape index (κ1) is 1.36. The minimum absolute atomic E-state index is 0.189. The number of hydrogen-bond donors (Lipinski definition) is 1. The SMILES string of the molecule is [2H]C([2H])([2H])[N+](C(N)C=O)(C([2H])([2H])[2H])C([2H])([2H])[2H]. The molecule has 0 amide bonds. The van der Waals surface area contributed by atoms with Gasteiger partial charge in [0.25, 0.3) is 0 Å². The van der Waals surface area contributed by atoms with Crippen LogP contribution in [0.5, 0.6) is 0 Å². The number of rotatable bonds is 2. The topological polar surface area (TPSA) is 43.1 Å². The summed E-state index contributed by atoms with van der Waals surface area (Å²) in [6.45, 7) is -10.5. The van der Waals surface area contributed by atoms with E-state index in [0.717, 1.165) is 0 Å². The molecule has 0 aromatic rings. The average Bonchev–Trinajstić information content (AvgIpc) is 1.95. The van der Waals surface area contributed by atoms with E-state index in [1.54, 1.807) is 0 Å². The molecule has 0 aliphatic heterocycles. The fourth-order valence-corrected chi connectivity index (χ4v) is 0.0913. The first-order valence-corrected chi connectivity index (χ1v) is 1.83. The van der Waals surface area contributed by atoms with Gasteiger partial charge in [0.05, 0.1) is 33.3 Å². The van der Waals surface area contributed by atoms with Gasteiger partial charge in [-0.15, -0.1) is 0 Å². The molecule has 3 heteroatoms. The summed E-state index contributed by atoms with van der Waals surface area (Å²) in [6.07, 6.45) is -2.40. The van der Waals surface area contributed by atoms with Gasteiger partial charge in [-0.25, -0.2) is 0 Å². The first-order chi connectivity index (χ1) is 7.23. The quantitative estimate of drug-likeness (QED) is 0.298. The summed E-state index contributed by atoms with van der Waals surface area (Å²) in [7, 11) is 0. The average molecular weight is 126 g/mol. The van der Waals surface area contributed by atoms with Crippen molar-refractivity contribution in [2.24, 2.45) is 5.73 Å². The van der Waals surface area contributed by atoms with Gasteiger partial charge >= 0.3 is 0 Å². The maximum absolute atomic E-state index is 10.6. The Hall–Kier alpha value is -0.410. The van der Waals surface area contributed by atoms with Crippen LogP contribution in [0.1, 0.15) is 12.3 Å². The van der Waals surface area contributed by atoms with Crippen LogP contribution in [0.4, 0.5) is 0 Å². The fraction of sp³-hybridized carbons (Fsp3) is 0.800. The molecular formula is C5H13N2O+. The minimum atomic E-state index is -3.49. The molecule has 0 rings (SSSR count).